The molecule has 0 heterocycles. The fourth-order valence-corrected chi connectivity index (χ4v) is 2.70. The number of alkyl halides is 1. The predicted octanol–water partition coefficient (Wildman–Crippen LogP) is 2.23. The predicted molar refractivity (Wildman–Crippen MR) is 66.2 cm³/mol. The lowest BCUT2D eigenvalue weighted by Crippen LogP contribution is -2.17. The molecule has 1 rings (SSSR count). The molecule has 0 saturated carbocycles. The average Bonchev–Trinajstić information content (AvgIpc) is 2.15. The Hall–Kier alpha value is -1.05. The summed E-state index contributed by atoms with van der Waals surface area (Å²) in [6.45, 7) is 0. The summed E-state index contributed by atoms with van der Waals surface area (Å²) in [5, 5.41) is 10.3. The molecule has 6 nitrogen and oxygen atoms in total. The Kier molecular flexibility index (Phi) is 4.55. The molecule has 94 valence electrons. The van der Waals surface area contributed by atoms with Crippen LogP contribution in [0.4, 0.5) is 11.4 Å². The molecule has 0 aromatic heterocycles. The van der Waals surface area contributed by atoms with Crippen LogP contribution in [0.25, 0.3) is 0 Å². The van der Waals surface area contributed by atoms with Crippen molar-refractivity contribution in [3.63, 3.8) is 0 Å². The van der Waals surface area contributed by atoms with Crippen LogP contribution in [0.2, 0.25) is 5.02 Å². The van der Waals surface area contributed by atoms with Crippen molar-refractivity contribution >= 4 is 44.6 Å². The van der Waals surface area contributed by atoms with Gasteiger partial charge >= 0.3 is 0 Å². The van der Waals surface area contributed by atoms with Crippen LogP contribution in [0.5, 0.6) is 0 Å². The van der Waals surface area contributed by atoms with Crippen LogP contribution in [0, 0.1) is 10.1 Å². The molecule has 9 heteroatoms. The Morgan fingerprint density at radius 1 is 1.41 bits per heavy atom. The van der Waals surface area contributed by atoms with E-state index in [9.17, 15) is 18.5 Å². The van der Waals surface area contributed by atoms with E-state index in [0.29, 0.717) is 0 Å². The fraction of sp³-hybridized carbons (Fsp3) is 0.250. The fourth-order valence-electron chi connectivity index (χ4n) is 1.05. The van der Waals surface area contributed by atoms with E-state index in [4.69, 9.17) is 23.2 Å². The molecule has 0 bridgehead atoms. The van der Waals surface area contributed by atoms with Crippen molar-refractivity contribution in [1.29, 1.82) is 0 Å². The first-order valence-corrected chi connectivity index (χ1v) is 6.92. The van der Waals surface area contributed by atoms with Crippen LogP contribution in [0.1, 0.15) is 0 Å². The highest BCUT2D eigenvalue weighted by Crippen LogP contribution is 2.27. The Bertz CT molecular complexity index is 532. The quantitative estimate of drug-likeness (QED) is 0.513. The highest BCUT2D eigenvalue weighted by molar-refractivity contribution is 7.92. The lowest BCUT2D eigenvalue weighted by molar-refractivity contribution is -0.384. The molecule has 1 aromatic rings. The Labute approximate surface area is 108 Å². The van der Waals surface area contributed by atoms with Gasteiger partial charge in [-0.05, 0) is 12.1 Å². The number of hydrogen-bond acceptors (Lipinski definition) is 4. The Balaban J connectivity index is 2.96. The maximum Gasteiger partial charge on any atom is 0.288 e. The molecule has 0 aliphatic carbocycles. The second-order valence-electron chi connectivity index (χ2n) is 3.03. The molecule has 0 aliphatic heterocycles. The van der Waals surface area contributed by atoms with Gasteiger partial charge in [0.1, 0.15) is 5.02 Å². The second-order valence-corrected chi connectivity index (χ2v) is 5.66. The highest BCUT2D eigenvalue weighted by Gasteiger charge is 2.15. The molecule has 0 spiro atoms. The van der Waals surface area contributed by atoms with Crippen LogP contribution < -0.4 is 4.72 Å². The summed E-state index contributed by atoms with van der Waals surface area (Å²) in [7, 11) is -3.54. The van der Waals surface area contributed by atoms with Crippen LogP contribution in [0.3, 0.4) is 0 Å². The summed E-state index contributed by atoms with van der Waals surface area (Å²) < 4.78 is 24.9. The minimum Gasteiger partial charge on any atom is -0.283 e. The number of benzene rings is 1. The van der Waals surface area contributed by atoms with E-state index in [-0.39, 0.29) is 28.0 Å². The summed E-state index contributed by atoms with van der Waals surface area (Å²) in [6, 6.07) is 3.56. The third-order valence-corrected chi connectivity index (χ3v) is 3.77. The number of hydrogen-bond donors (Lipinski definition) is 1. The molecule has 1 aromatic carbocycles. The number of nitro benzene ring substituents is 1. The third-order valence-electron chi connectivity index (χ3n) is 1.76. The molecule has 0 aliphatic rings. The van der Waals surface area contributed by atoms with E-state index in [1.807, 2.05) is 0 Å². The van der Waals surface area contributed by atoms with Crippen molar-refractivity contribution in [2.75, 3.05) is 16.4 Å². The first-order valence-electron chi connectivity index (χ1n) is 4.36. The highest BCUT2D eigenvalue weighted by atomic mass is 35.5. The topological polar surface area (TPSA) is 89.3 Å². The molecule has 0 radical (unpaired) electrons. The summed E-state index contributed by atoms with van der Waals surface area (Å²) in [4.78, 5) is 9.83. The van der Waals surface area contributed by atoms with Gasteiger partial charge in [0.2, 0.25) is 10.0 Å². The molecule has 0 unspecified atom stereocenters. The van der Waals surface area contributed by atoms with Crippen molar-refractivity contribution in [3.05, 3.63) is 33.3 Å². The number of nitrogens with one attached hydrogen (secondary N) is 1. The molecule has 17 heavy (non-hydrogen) atoms. The van der Waals surface area contributed by atoms with Gasteiger partial charge < -0.3 is 0 Å². The van der Waals surface area contributed by atoms with E-state index in [1.54, 1.807) is 0 Å². The zero-order chi connectivity index (χ0) is 13.1. The van der Waals surface area contributed by atoms with Gasteiger partial charge in [-0.15, -0.1) is 11.6 Å². The van der Waals surface area contributed by atoms with Crippen molar-refractivity contribution in [2.24, 2.45) is 0 Å². The van der Waals surface area contributed by atoms with Crippen LogP contribution in [-0.4, -0.2) is 25.0 Å². The lowest BCUT2D eigenvalue weighted by atomic mass is 10.3. The number of rotatable bonds is 5. The first kappa shape index (κ1) is 14.0. The summed E-state index contributed by atoms with van der Waals surface area (Å²) in [5.41, 5.74) is -0.127. The largest absolute Gasteiger partial charge is 0.288 e. The van der Waals surface area contributed by atoms with Gasteiger partial charge in [-0.3, -0.25) is 14.8 Å². The van der Waals surface area contributed by atoms with Gasteiger partial charge in [0.15, 0.2) is 0 Å². The summed E-state index contributed by atoms with van der Waals surface area (Å²) in [5.74, 6) is -0.292. The van der Waals surface area contributed by atoms with Crippen LogP contribution in [-0.2, 0) is 10.0 Å². The van der Waals surface area contributed by atoms with Gasteiger partial charge in [0.05, 0.1) is 16.4 Å². The van der Waals surface area contributed by atoms with E-state index >= 15 is 0 Å². The number of nitrogens with zero attached hydrogens (tertiary/aromatic N) is 1. The third kappa shape index (κ3) is 4.03. The molecular weight excluding hydrogens is 291 g/mol. The second kappa shape index (κ2) is 5.52. The standard InChI is InChI=1S/C8H8Cl2N2O4S/c9-3-4-17(15,16)11-6-1-2-8(12(13)14)7(10)5-6/h1-2,5,11H,3-4H2. The molecule has 0 saturated heterocycles. The lowest BCUT2D eigenvalue weighted by Gasteiger charge is -2.06. The zero-order valence-corrected chi connectivity index (χ0v) is 10.7. The number of sulfonamides is 1. The van der Waals surface area contributed by atoms with Gasteiger partial charge in [0.25, 0.3) is 5.69 Å². The summed E-state index contributed by atoms with van der Waals surface area (Å²) in [6.07, 6.45) is 0. The zero-order valence-electron chi connectivity index (χ0n) is 8.39. The smallest absolute Gasteiger partial charge is 0.283 e. The monoisotopic (exact) mass is 298 g/mol. The average molecular weight is 299 g/mol. The number of halogens is 2. The van der Waals surface area contributed by atoms with Gasteiger partial charge in [-0.1, -0.05) is 11.6 Å². The van der Waals surface area contributed by atoms with E-state index in [2.05, 4.69) is 4.72 Å². The van der Waals surface area contributed by atoms with Crippen LogP contribution in [0.15, 0.2) is 18.2 Å². The van der Waals surface area contributed by atoms with Gasteiger partial charge in [-0.25, -0.2) is 8.42 Å². The van der Waals surface area contributed by atoms with Crippen molar-refractivity contribution < 1.29 is 13.3 Å². The number of nitro groups is 1. The molecular formula is C8H8Cl2N2O4S. The minimum atomic E-state index is -3.54. The van der Waals surface area contributed by atoms with Gasteiger partial charge in [0, 0.05) is 11.9 Å². The Morgan fingerprint density at radius 3 is 2.53 bits per heavy atom. The van der Waals surface area contributed by atoms with Crippen molar-refractivity contribution in [1.82, 2.24) is 0 Å². The van der Waals surface area contributed by atoms with E-state index in [1.165, 1.54) is 12.1 Å². The number of anilines is 1. The maximum atomic E-state index is 11.4. The van der Waals surface area contributed by atoms with Crippen molar-refractivity contribution in [2.45, 2.75) is 0 Å². The van der Waals surface area contributed by atoms with Crippen molar-refractivity contribution in [3.8, 4) is 0 Å². The summed E-state index contributed by atoms with van der Waals surface area (Å²) >= 11 is 10.9. The molecule has 0 atom stereocenters. The van der Waals surface area contributed by atoms with Gasteiger partial charge in [-0.2, -0.15) is 0 Å². The molecule has 0 fully saturated rings. The van der Waals surface area contributed by atoms with E-state index < -0.39 is 14.9 Å². The minimum absolute atomic E-state index is 0.0456. The molecule has 0 amide bonds. The normalized spacial score (nSPS) is 11.2. The van der Waals surface area contributed by atoms with Crippen LogP contribution >= 0.6 is 23.2 Å². The Morgan fingerprint density at radius 2 is 2.06 bits per heavy atom. The molecule has 1 N–H and O–H groups in total. The SMILES string of the molecule is O=[N+]([O-])c1ccc(NS(=O)(=O)CCCl)cc1Cl. The first-order chi connectivity index (χ1) is 7.85. The maximum absolute atomic E-state index is 11.4. The van der Waals surface area contributed by atoms with E-state index in [0.717, 1.165) is 6.07 Å².